The molecule has 2 aromatic heterocycles. The summed E-state index contributed by atoms with van der Waals surface area (Å²) in [5, 5.41) is 2.63. The van der Waals surface area contributed by atoms with Gasteiger partial charge in [-0.2, -0.15) is 0 Å². The van der Waals surface area contributed by atoms with Crippen molar-refractivity contribution in [3.8, 4) is 0 Å². The Hall–Kier alpha value is -2.28. The highest BCUT2D eigenvalue weighted by molar-refractivity contribution is 6.31. The molecule has 8 heteroatoms. The topological polar surface area (TPSA) is 66.5 Å². The Morgan fingerprint density at radius 3 is 2.80 bits per heavy atom. The number of rotatable bonds is 3. The number of imidazole rings is 1. The van der Waals surface area contributed by atoms with E-state index in [9.17, 15) is 8.78 Å². The third-order valence-corrected chi connectivity index (χ3v) is 3.20. The fraction of sp³-hybridized carbons (Fsp3) is 0.0833. The van der Waals surface area contributed by atoms with Gasteiger partial charge < -0.3 is 10.3 Å². The smallest absolute Gasteiger partial charge is 0.162 e. The number of nitrogens with zero attached hydrogens (tertiary/aromatic N) is 3. The lowest BCUT2D eigenvalue weighted by molar-refractivity contribution is 0.588. The predicted octanol–water partition coefficient (Wildman–Crippen LogP) is 2.90. The molecule has 2 heterocycles. The van der Waals surface area contributed by atoms with Gasteiger partial charge in [0.05, 0.1) is 11.3 Å². The summed E-state index contributed by atoms with van der Waals surface area (Å²) in [6, 6.07) is 2.01. The van der Waals surface area contributed by atoms with Crippen LogP contribution in [0.3, 0.4) is 0 Å². The number of hydrogen-bond donors (Lipinski definition) is 2. The van der Waals surface area contributed by atoms with Crippen LogP contribution in [-0.2, 0) is 6.54 Å². The molecule has 0 fully saturated rings. The van der Waals surface area contributed by atoms with Crippen molar-refractivity contribution in [1.82, 2.24) is 19.9 Å². The van der Waals surface area contributed by atoms with E-state index < -0.39 is 11.6 Å². The molecular formula is C12H8ClF2N5. The van der Waals surface area contributed by atoms with E-state index in [0.29, 0.717) is 17.0 Å². The lowest BCUT2D eigenvalue weighted by atomic mass is 10.2. The Balaban J connectivity index is 1.90. The van der Waals surface area contributed by atoms with Crippen LogP contribution in [0.1, 0.15) is 5.56 Å². The maximum absolute atomic E-state index is 13.6. The lowest BCUT2D eigenvalue weighted by Crippen LogP contribution is -2.06. The van der Waals surface area contributed by atoms with Gasteiger partial charge >= 0.3 is 0 Å². The first kappa shape index (κ1) is 12.7. The molecule has 5 nitrogen and oxygen atoms in total. The quantitative estimate of drug-likeness (QED) is 0.729. The van der Waals surface area contributed by atoms with Gasteiger partial charge in [-0.3, -0.25) is 0 Å². The van der Waals surface area contributed by atoms with E-state index in [2.05, 4.69) is 25.3 Å². The van der Waals surface area contributed by atoms with Crippen LogP contribution in [0.15, 0.2) is 24.8 Å². The van der Waals surface area contributed by atoms with E-state index in [1.165, 1.54) is 12.7 Å². The number of benzene rings is 1. The molecule has 3 rings (SSSR count). The van der Waals surface area contributed by atoms with Crippen LogP contribution in [0.25, 0.3) is 11.2 Å². The number of fused-ring (bicyclic) bond motifs is 1. The summed E-state index contributed by atoms with van der Waals surface area (Å²) in [6.07, 6.45) is 2.81. The van der Waals surface area contributed by atoms with Gasteiger partial charge in [0, 0.05) is 12.1 Å². The molecule has 0 saturated heterocycles. The number of aromatic amines is 1. The van der Waals surface area contributed by atoms with Crippen LogP contribution in [0.4, 0.5) is 14.6 Å². The summed E-state index contributed by atoms with van der Waals surface area (Å²) in [7, 11) is 0. The zero-order valence-corrected chi connectivity index (χ0v) is 10.7. The third kappa shape index (κ3) is 2.16. The molecule has 0 amide bonds. The summed E-state index contributed by atoms with van der Waals surface area (Å²) in [5.74, 6) is -0.843. The third-order valence-electron chi connectivity index (χ3n) is 2.79. The van der Waals surface area contributed by atoms with E-state index in [-0.39, 0.29) is 17.1 Å². The van der Waals surface area contributed by atoms with Crippen molar-refractivity contribution in [2.24, 2.45) is 0 Å². The second kappa shape index (κ2) is 5.01. The zero-order valence-electron chi connectivity index (χ0n) is 9.99. The second-order valence-corrected chi connectivity index (χ2v) is 4.38. The standard InChI is InChI=1S/C12H8ClF2N5/c13-9-6(7(14)1-2-8(9)15)3-16-11-10-12(18-4-17-10)20-5-19-11/h1-2,4-5H,3H2,(H2,16,17,18,19,20). The van der Waals surface area contributed by atoms with E-state index in [0.717, 1.165) is 12.1 Å². The average molecular weight is 296 g/mol. The molecule has 20 heavy (non-hydrogen) atoms. The Kier molecular flexibility index (Phi) is 3.19. The van der Waals surface area contributed by atoms with Crippen molar-refractivity contribution in [1.29, 1.82) is 0 Å². The van der Waals surface area contributed by atoms with Crippen molar-refractivity contribution in [2.45, 2.75) is 6.54 Å². The van der Waals surface area contributed by atoms with Gasteiger partial charge in [-0.15, -0.1) is 0 Å². The minimum atomic E-state index is -0.669. The zero-order chi connectivity index (χ0) is 14.1. The normalized spacial score (nSPS) is 10.9. The van der Waals surface area contributed by atoms with Crippen LogP contribution >= 0.6 is 11.6 Å². The van der Waals surface area contributed by atoms with Gasteiger partial charge in [-0.25, -0.2) is 23.7 Å². The van der Waals surface area contributed by atoms with Crippen LogP contribution < -0.4 is 5.32 Å². The molecular weight excluding hydrogens is 288 g/mol. The molecule has 0 aliphatic heterocycles. The average Bonchev–Trinajstić information content (AvgIpc) is 2.92. The molecule has 0 saturated carbocycles. The molecule has 0 bridgehead atoms. The highest BCUT2D eigenvalue weighted by atomic mass is 35.5. The maximum atomic E-state index is 13.6. The largest absolute Gasteiger partial charge is 0.364 e. The van der Waals surface area contributed by atoms with E-state index in [4.69, 9.17) is 11.6 Å². The molecule has 0 aliphatic rings. The van der Waals surface area contributed by atoms with Gasteiger partial charge in [-0.1, -0.05) is 11.6 Å². The Labute approximate surface area is 117 Å². The number of anilines is 1. The van der Waals surface area contributed by atoms with Gasteiger partial charge in [0.15, 0.2) is 11.5 Å². The van der Waals surface area contributed by atoms with Crippen LogP contribution in [-0.4, -0.2) is 19.9 Å². The highest BCUT2D eigenvalue weighted by Crippen LogP contribution is 2.24. The van der Waals surface area contributed by atoms with Gasteiger partial charge in [-0.05, 0) is 12.1 Å². The number of hydrogen-bond acceptors (Lipinski definition) is 4. The summed E-state index contributed by atoms with van der Waals surface area (Å²) >= 11 is 5.75. The molecule has 0 spiro atoms. The lowest BCUT2D eigenvalue weighted by Gasteiger charge is -2.09. The molecule has 0 atom stereocenters. The number of nitrogens with one attached hydrogen (secondary N) is 2. The van der Waals surface area contributed by atoms with Gasteiger partial charge in [0.25, 0.3) is 0 Å². The molecule has 0 aliphatic carbocycles. The van der Waals surface area contributed by atoms with E-state index >= 15 is 0 Å². The van der Waals surface area contributed by atoms with Crippen molar-refractivity contribution < 1.29 is 8.78 Å². The molecule has 3 aromatic rings. The monoisotopic (exact) mass is 295 g/mol. The van der Waals surface area contributed by atoms with Crippen LogP contribution in [0.2, 0.25) is 5.02 Å². The Morgan fingerprint density at radius 2 is 1.95 bits per heavy atom. The molecule has 2 N–H and O–H groups in total. The minimum Gasteiger partial charge on any atom is -0.364 e. The minimum absolute atomic E-state index is 0.0125. The first-order valence-corrected chi connectivity index (χ1v) is 6.05. The SMILES string of the molecule is Fc1ccc(F)c(CNc2ncnc3[nH]cnc23)c1Cl. The number of H-pyrrole nitrogens is 1. The van der Waals surface area contributed by atoms with Crippen molar-refractivity contribution in [3.05, 3.63) is 47.0 Å². The number of aromatic nitrogens is 4. The van der Waals surface area contributed by atoms with Crippen LogP contribution in [0, 0.1) is 11.6 Å². The van der Waals surface area contributed by atoms with Gasteiger partial charge in [0.1, 0.15) is 23.5 Å². The van der Waals surface area contributed by atoms with E-state index in [1.807, 2.05) is 0 Å². The Morgan fingerprint density at radius 1 is 1.15 bits per heavy atom. The molecule has 0 unspecified atom stereocenters. The summed E-state index contributed by atoms with van der Waals surface area (Å²) in [4.78, 5) is 14.9. The number of halogens is 3. The first-order valence-electron chi connectivity index (χ1n) is 5.67. The highest BCUT2D eigenvalue weighted by Gasteiger charge is 2.13. The fourth-order valence-corrected chi connectivity index (χ4v) is 2.02. The summed E-state index contributed by atoms with van der Waals surface area (Å²) in [5.41, 5.74) is 1.10. The van der Waals surface area contributed by atoms with Crippen molar-refractivity contribution in [2.75, 3.05) is 5.32 Å². The summed E-state index contributed by atoms with van der Waals surface area (Å²) in [6.45, 7) is -0.0125. The fourth-order valence-electron chi connectivity index (χ4n) is 1.80. The molecule has 1 aromatic carbocycles. The van der Waals surface area contributed by atoms with Crippen molar-refractivity contribution in [3.63, 3.8) is 0 Å². The maximum Gasteiger partial charge on any atom is 0.162 e. The molecule has 0 radical (unpaired) electrons. The Bertz CT molecular complexity index is 774. The second-order valence-electron chi connectivity index (χ2n) is 4.00. The predicted molar refractivity (Wildman–Crippen MR) is 70.4 cm³/mol. The van der Waals surface area contributed by atoms with Crippen LogP contribution in [0.5, 0.6) is 0 Å². The first-order chi connectivity index (χ1) is 9.66. The van der Waals surface area contributed by atoms with Gasteiger partial charge in [0.2, 0.25) is 0 Å². The van der Waals surface area contributed by atoms with Crippen molar-refractivity contribution >= 4 is 28.6 Å². The summed E-state index contributed by atoms with van der Waals surface area (Å²) < 4.78 is 27.0. The molecule has 102 valence electrons. The van der Waals surface area contributed by atoms with E-state index in [1.54, 1.807) is 0 Å².